The third-order valence-corrected chi connectivity index (χ3v) is 4.83. The Morgan fingerprint density at radius 2 is 2.38 bits per heavy atom. The summed E-state index contributed by atoms with van der Waals surface area (Å²) in [4.78, 5) is 24.8. The first kappa shape index (κ1) is 14.0. The van der Waals surface area contributed by atoms with Crippen LogP contribution in [0.15, 0.2) is 24.1 Å². The number of nitrogens with zero attached hydrogens (tertiary/aromatic N) is 4. The van der Waals surface area contributed by atoms with E-state index in [2.05, 4.69) is 21.4 Å². The summed E-state index contributed by atoms with van der Waals surface area (Å²) in [5.41, 5.74) is 0.992. The third kappa shape index (κ3) is 2.51. The molecular weight excluding hydrogens is 284 g/mol. The van der Waals surface area contributed by atoms with Crippen molar-refractivity contribution in [1.82, 2.24) is 14.9 Å². The SMILES string of the molecule is C=CC(=O)N1CCC(N(C)c2nc(C)nc3ccsc23)C1. The largest absolute Gasteiger partial charge is 0.354 e. The van der Waals surface area contributed by atoms with E-state index in [0.29, 0.717) is 0 Å². The number of anilines is 1. The molecule has 110 valence electrons. The van der Waals surface area contributed by atoms with Crippen molar-refractivity contribution in [2.45, 2.75) is 19.4 Å². The molecule has 21 heavy (non-hydrogen) atoms. The van der Waals surface area contributed by atoms with Gasteiger partial charge in [-0.25, -0.2) is 9.97 Å². The van der Waals surface area contributed by atoms with Crippen LogP contribution in [0.4, 0.5) is 5.82 Å². The Hall–Kier alpha value is -1.95. The Labute approximate surface area is 127 Å². The van der Waals surface area contributed by atoms with E-state index >= 15 is 0 Å². The molecule has 0 saturated carbocycles. The van der Waals surface area contributed by atoms with Crippen LogP contribution in [0.2, 0.25) is 0 Å². The van der Waals surface area contributed by atoms with Gasteiger partial charge in [-0.15, -0.1) is 11.3 Å². The number of hydrogen-bond donors (Lipinski definition) is 0. The molecule has 6 heteroatoms. The molecule has 0 radical (unpaired) electrons. The summed E-state index contributed by atoms with van der Waals surface area (Å²) in [6.07, 6.45) is 2.33. The number of rotatable bonds is 3. The molecule has 2 aromatic rings. The second-order valence-electron chi connectivity index (χ2n) is 5.27. The van der Waals surface area contributed by atoms with E-state index in [1.165, 1.54) is 6.08 Å². The fourth-order valence-electron chi connectivity index (χ4n) is 2.76. The lowest BCUT2D eigenvalue weighted by atomic mass is 10.2. The molecule has 1 aliphatic rings. The van der Waals surface area contributed by atoms with Gasteiger partial charge in [0.15, 0.2) is 0 Å². The van der Waals surface area contributed by atoms with Gasteiger partial charge in [0.2, 0.25) is 5.91 Å². The van der Waals surface area contributed by atoms with Crippen molar-refractivity contribution in [2.75, 3.05) is 25.0 Å². The molecule has 1 unspecified atom stereocenters. The highest BCUT2D eigenvalue weighted by molar-refractivity contribution is 7.17. The summed E-state index contributed by atoms with van der Waals surface area (Å²) in [5.74, 6) is 1.75. The minimum atomic E-state index is 0.00559. The Bertz CT molecular complexity index is 696. The van der Waals surface area contributed by atoms with Crippen molar-refractivity contribution in [2.24, 2.45) is 0 Å². The Balaban J connectivity index is 1.88. The van der Waals surface area contributed by atoms with Gasteiger partial charge in [-0.1, -0.05) is 6.58 Å². The van der Waals surface area contributed by atoms with Gasteiger partial charge < -0.3 is 9.80 Å². The molecule has 0 spiro atoms. The average molecular weight is 302 g/mol. The highest BCUT2D eigenvalue weighted by Crippen LogP contribution is 2.30. The molecule has 0 aromatic carbocycles. The normalized spacial score (nSPS) is 18.2. The number of aryl methyl sites for hydroxylation is 1. The molecule has 0 N–H and O–H groups in total. The molecular formula is C15H18N4OS. The summed E-state index contributed by atoms with van der Waals surface area (Å²) in [6, 6.07) is 2.31. The number of amides is 1. The highest BCUT2D eigenvalue weighted by atomic mass is 32.1. The zero-order valence-electron chi connectivity index (χ0n) is 12.2. The minimum Gasteiger partial charge on any atom is -0.354 e. The van der Waals surface area contributed by atoms with Gasteiger partial charge >= 0.3 is 0 Å². The zero-order chi connectivity index (χ0) is 15.0. The quantitative estimate of drug-likeness (QED) is 0.816. The first-order valence-corrected chi connectivity index (χ1v) is 7.84. The lowest BCUT2D eigenvalue weighted by molar-refractivity contribution is -0.125. The van der Waals surface area contributed by atoms with Gasteiger partial charge in [0, 0.05) is 26.2 Å². The standard InChI is InChI=1S/C15H18N4OS/c1-4-13(20)19-7-5-11(9-19)18(3)15-14-12(6-8-21-14)16-10(2)17-15/h4,6,8,11H,1,5,7,9H2,2-3H3. The van der Waals surface area contributed by atoms with Crippen LogP contribution >= 0.6 is 11.3 Å². The molecule has 1 saturated heterocycles. The van der Waals surface area contributed by atoms with Gasteiger partial charge in [-0.3, -0.25) is 4.79 Å². The van der Waals surface area contributed by atoms with Crippen molar-refractivity contribution in [3.63, 3.8) is 0 Å². The van der Waals surface area contributed by atoms with Crippen LogP contribution in [0.1, 0.15) is 12.2 Å². The van der Waals surface area contributed by atoms with Crippen molar-refractivity contribution < 1.29 is 4.79 Å². The zero-order valence-corrected chi connectivity index (χ0v) is 13.1. The predicted molar refractivity (Wildman–Crippen MR) is 85.7 cm³/mol. The second kappa shape index (κ2) is 5.44. The number of carbonyl (C=O) groups is 1. The summed E-state index contributed by atoms with van der Waals surface area (Å²) in [6.45, 7) is 6.96. The van der Waals surface area contributed by atoms with Crippen molar-refractivity contribution in [1.29, 1.82) is 0 Å². The number of thiophene rings is 1. The molecule has 1 fully saturated rings. The number of carbonyl (C=O) groups excluding carboxylic acids is 1. The number of fused-ring (bicyclic) bond motifs is 1. The highest BCUT2D eigenvalue weighted by Gasteiger charge is 2.29. The molecule has 2 aromatic heterocycles. The van der Waals surface area contributed by atoms with Crippen LogP contribution in [-0.2, 0) is 4.79 Å². The van der Waals surface area contributed by atoms with E-state index in [1.54, 1.807) is 11.3 Å². The Morgan fingerprint density at radius 3 is 3.14 bits per heavy atom. The van der Waals surface area contributed by atoms with Crippen LogP contribution in [-0.4, -0.2) is 47.0 Å². The number of likely N-dealkylation sites (N-methyl/N-ethyl adjacent to an activating group) is 1. The van der Waals surface area contributed by atoms with Gasteiger partial charge in [-0.05, 0) is 30.9 Å². The van der Waals surface area contributed by atoms with Crippen LogP contribution in [0.25, 0.3) is 10.2 Å². The summed E-state index contributed by atoms with van der Waals surface area (Å²) < 4.78 is 1.11. The van der Waals surface area contributed by atoms with Crippen LogP contribution in [0, 0.1) is 6.92 Å². The molecule has 1 aliphatic heterocycles. The lowest BCUT2D eigenvalue weighted by Gasteiger charge is -2.26. The van der Waals surface area contributed by atoms with E-state index in [-0.39, 0.29) is 11.9 Å². The molecule has 1 atom stereocenters. The van der Waals surface area contributed by atoms with E-state index in [9.17, 15) is 4.79 Å². The number of likely N-dealkylation sites (tertiary alicyclic amines) is 1. The minimum absolute atomic E-state index is 0.00559. The summed E-state index contributed by atoms with van der Waals surface area (Å²) in [7, 11) is 2.05. The Kier molecular flexibility index (Phi) is 3.63. The maximum Gasteiger partial charge on any atom is 0.246 e. The van der Waals surface area contributed by atoms with Crippen LogP contribution in [0.3, 0.4) is 0 Å². The smallest absolute Gasteiger partial charge is 0.246 e. The fourth-order valence-corrected chi connectivity index (χ4v) is 3.62. The van der Waals surface area contributed by atoms with E-state index in [4.69, 9.17) is 0 Å². The molecule has 1 amide bonds. The monoisotopic (exact) mass is 302 g/mol. The molecule has 0 bridgehead atoms. The molecule has 3 heterocycles. The maximum atomic E-state index is 11.7. The Morgan fingerprint density at radius 1 is 1.57 bits per heavy atom. The third-order valence-electron chi connectivity index (χ3n) is 3.93. The van der Waals surface area contributed by atoms with Gasteiger partial charge in [0.05, 0.1) is 10.2 Å². The lowest BCUT2D eigenvalue weighted by Crippen LogP contribution is -2.36. The summed E-state index contributed by atoms with van der Waals surface area (Å²) >= 11 is 1.66. The van der Waals surface area contributed by atoms with Gasteiger partial charge in [0.1, 0.15) is 11.6 Å². The average Bonchev–Trinajstić information content (AvgIpc) is 3.13. The number of aromatic nitrogens is 2. The molecule has 3 rings (SSSR count). The summed E-state index contributed by atoms with van der Waals surface area (Å²) in [5, 5.41) is 2.04. The van der Waals surface area contributed by atoms with E-state index in [0.717, 1.165) is 41.4 Å². The fraction of sp³-hybridized carbons (Fsp3) is 0.400. The topological polar surface area (TPSA) is 49.3 Å². The van der Waals surface area contributed by atoms with Crippen molar-refractivity contribution in [3.8, 4) is 0 Å². The van der Waals surface area contributed by atoms with E-state index < -0.39 is 0 Å². The van der Waals surface area contributed by atoms with E-state index in [1.807, 2.05) is 30.3 Å². The first-order valence-electron chi connectivity index (χ1n) is 6.96. The predicted octanol–water partition coefficient (Wildman–Crippen LogP) is 2.22. The van der Waals surface area contributed by atoms with Crippen LogP contribution < -0.4 is 4.90 Å². The van der Waals surface area contributed by atoms with Gasteiger partial charge in [-0.2, -0.15) is 0 Å². The maximum absolute atomic E-state index is 11.7. The number of hydrogen-bond acceptors (Lipinski definition) is 5. The van der Waals surface area contributed by atoms with Crippen molar-refractivity contribution in [3.05, 3.63) is 29.9 Å². The molecule has 5 nitrogen and oxygen atoms in total. The van der Waals surface area contributed by atoms with Crippen LogP contribution in [0.5, 0.6) is 0 Å². The first-order chi connectivity index (χ1) is 10.1. The van der Waals surface area contributed by atoms with Gasteiger partial charge in [0.25, 0.3) is 0 Å². The second-order valence-corrected chi connectivity index (χ2v) is 6.19. The molecule has 0 aliphatic carbocycles. The van der Waals surface area contributed by atoms with Crippen molar-refractivity contribution >= 4 is 33.3 Å².